The van der Waals surface area contributed by atoms with Crippen LogP contribution in [0.2, 0.25) is 0 Å². The SMILES string of the molecule is Cc1cc(=O)[nH]c2ccc(NC(=O)C3(C)CCC(=O)NC3)cc12. The van der Waals surface area contributed by atoms with E-state index in [9.17, 15) is 14.4 Å². The van der Waals surface area contributed by atoms with Crippen molar-refractivity contribution in [2.24, 2.45) is 5.41 Å². The number of pyridine rings is 1. The van der Waals surface area contributed by atoms with Gasteiger partial charge < -0.3 is 15.6 Å². The summed E-state index contributed by atoms with van der Waals surface area (Å²) >= 11 is 0. The molecule has 1 unspecified atom stereocenters. The summed E-state index contributed by atoms with van der Waals surface area (Å²) in [5.74, 6) is -0.125. The maximum absolute atomic E-state index is 12.6. The van der Waals surface area contributed by atoms with Gasteiger partial charge in [-0.3, -0.25) is 14.4 Å². The number of H-pyrrole nitrogens is 1. The summed E-state index contributed by atoms with van der Waals surface area (Å²) in [6.45, 7) is 4.06. The fourth-order valence-corrected chi connectivity index (χ4v) is 2.84. The monoisotopic (exact) mass is 313 g/mol. The first-order chi connectivity index (χ1) is 10.9. The Morgan fingerprint density at radius 3 is 2.74 bits per heavy atom. The van der Waals surface area contributed by atoms with Gasteiger partial charge in [-0.2, -0.15) is 0 Å². The molecule has 1 aliphatic heterocycles. The third-order valence-corrected chi connectivity index (χ3v) is 4.44. The molecule has 0 radical (unpaired) electrons. The lowest BCUT2D eigenvalue weighted by Crippen LogP contribution is -2.48. The van der Waals surface area contributed by atoms with Gasteiger partial charge in [0.25, 0.3) is 0 Å². The summed E-state index contributed by atoms with van der Waals surface area (Å²) in [6, 6.07) is 6.93. The molecular formula is C17H19N3O3. The molecule has 23 heavy (non-hydrogen) atoms. The number of carbonyl (C=O) groups excluding carboxylic acids is 2. The minimum absolute atomic E-state index is 0.0134. The van der Waals surface area contributed by atoms with E-state index in [-0.39, 0.29) is 17.4 Å². The molecule has 1 atom stereocenters. The number of benzene rings is 1. The molecule has 6 heteroatoms. The fourth-order valence-electron chi connectivity index (χ4n) is 2.84. The molecule has 2 amide bonds. The van der Waals surface area contributed by atoms with Gasteiger partial charge in [0.15, 0.2) is 0 Å². The highest BCUT2D eigenvalue weighted by Gasteiger charge is 2.37. The van der Waals surface area contributed by atoms with Crippen LogP contribution in [0.1, 0.15) is 25.3 Å². The van der Waals surface area contributed by atoms with Crippen LogP contribution in [-0.2, 0) is 9.59 Å². The van der Waals surface area contributed by atoms with E-state index in [0.717, 1.165) is 16.5 Å². The first-order valence-corrected chi connectivity index (χ1v) is 7.59. The zero-order valence-electron chi connectivity index (χ0n) is 13.2. The van der Waals surface area contributed by atoms with Crippen molar-refractivity contribution in [1.82, 2.24) is 10.3 Å². The lowest BCUT2D eigenvalue weighted by Gasteiger charge is -2.32. The number of aromatic nitrogens is 1. The summed E-state index contributed by atoms with van der Waals surface area (Å²) in [4.78, 5) is 38.1. The molecule has 0 saturated carbocycles. The Hall–Kier alpha value is -2.63. The number of hydrogen-bond acceptors (Lipinski definition) is 3. The topological polar surface area (TPSA) is 91.1 Å². The third kappa shape index (κ3) is 2.97. The zero-order valence-corrected chi connectivity index (χ0v) is 13.2. The van der Waals surface area contributed by atoms with E-state index >= 15 is 0 Å². The maximum Gasteiger partial charge on any atom is 0.248 e. The van der Waals surface area contributed by atoms with E-state index in [4.69, 9.17) is 0 Å². The van der Waals surface area contributed by atoms with Crippen molar-refractivity contribution in [2.75, 3.05) is 11.9 Å². The summed E-state index contributed by atoms with van der Waals surface area (Å²) < 4.78 is 0. The van der Waals surface area contributed by atoms with Gasteiger partial charge in [0.05, 0.1) is 5.41 Å². The number of nitrogens with one attached hydrogen (secondary N) is 3. The molecule has 0 bridgehead atoms. The first kappa shape index (κ1) is 15.3. The van der Waals surface area contributed by atoms with Crippen LogP contribution in [0.5, 0.6) is 0 Å². The van der Waals surface area contributed by atoms with Gasteiger partial charge >= 0.3 is 0 Å². The Kier molecular flexibility index (Phi) is 3.67. The van der Waals surface area contributed by atoms with E-state index in [1.54, 1.807) is 12.1 Å². The van der Waals surface area contributed by atoms with Crippen LogP contribution >= 0.6 is 0 Å². The maximum atomic E-state index is 12.6. The van der Waals surface area contributed by atoms with Crippen LogP contribution in [0.25, 0.3) is 10.9 Å². The Labute approximate surface area is 133 Å². The van der Waals surface area contributed by atoms with Crippen molar-refractivity contribution in [3.8, 4) is 0 Å². The molecule has 1 aromatic carbocycles. The molecule has 0 spiro atoms. The van der Waals surface area contributed by atoms with E-state index in [1.165, 1.54) is 6.07 Å². The molecule has 1 fully saturated rings. The second-order valence-electron chi connectivity index (χ2n) is 6.37. The first-order valence-electron chi connectivity index (χ1n) is 7.59. The summed E-state index contributed by atoms with van der Waals surface area (Å²) in [7, 11) is 0. The quantitative estimate of drug-likeness (QED) is 0.788. The highest BCUT2D eigenvalue weighted by Crippen LogP contribution is 2.28. The van der Waals surface area contributed by atoms with Gasteiger partial charge in [0.2, 0.25) is 17.4 Å². The van der Waals surface area contributed by atoms with Crippen LogP contribution in [-0.4, -0.2) is 23.3 Å². The summed E-state index contributed by atoms with van der Waals surface area (Å²) in [5.41, 5.74) is 1.52. The number of fused-ring (bicyclic) bond motifs is 1. The Balaban J connectivity index is 1.85. The average molecular weight is 313 g/mol. The van der Waals surface area contributed by atoms with E-state index < -0.39 is 5.41 Å². The van der Waals surface area contributed by atoms with Gasteiger partial charge in [-0.05, 0) is 44.0 Å². The second-order valence-corrected chi connectivity index (χ2v) is 6.37. The van der Waals surface area contributed by atoms with Crippen LogP contribution in [0.3, 0.4) is 0 Å². The molecule has 6 nitrogen and oxygen atoms in total. The molecule has 3 rings (SSSR count). The molecule has 1 aliphatic rings. The summed E-state index contributed by atoms with van der Waals surface area (Å²) in [5, 5.41) is 6.56. The van der Waals surface area contributed by atoms with Crippen LogP contribution in [0.4, 0.5) is 5.69 Å². The smallest absolute Gasteiger partial charge is 0.248 e. The number of hydrogen-bond donors (Lipinski definition) is 3. The van der Waals surface area contributed by atoms with Gasteiger partial charge in [-0.25, -0.2) is 0 Å². The van der Waals surface area contributed by atoms with Gasteiger partial charge in [-0.1, -0.05) is 0 Å². The van der Waals surface area contributed by atoms with Crippen molar-refractivity contribution < 1.29 is 9.59 Å². The molecule has 2 heterocycles. The van der Waals surface area contributed by atoms with Crippen LogP contribution in [0, 0.1) is 12.3 Å². The van der Waals surface area contributed by atoms with E-state index in [0.29, 0.717) is 25.1 Å². The Morgan fingerprint density at radius 1 is 1.26 bits per heavy atom. The predicted molar refractivity (Wildman–Crippen MR) is 88.3 cm³/mol. The molecule has 1 aromatic heterocycles. The lowest BCUT2D eigenvalue weighted by molar-refractivity contribution is -0.130. The largest absolute Gasteiger partial charge is 0.355 e. The standard InChI is InChI=1S/C17H19N3O3/c1-10-7-15(22)20-13-4-3-11(8-12(10)13)19-16(23)17(2)6-5-14(21)18-9-17/h3-4,7-8H,5-6,9H2,1-2H3,(H,18,21)(H,19,23)(H,20,22). The number of aromatic amines is 1. The lowest BCUT2D eigenvalue weighted by atomic mass is 9.81. The van der Waals surface area contributed by atoms with Crippen molar-refractivity contribution >= 4 is 28.4 Å². The van der Waals surface area contributed by atoms with E-state index in [1.807, 2.05) is 19.9 Å². The molecule has 2 aromatic rings. The molecular weight excluding hydrogens is 294 g/mol. The average Bonchev–Trinajstić information content (AvgIpc) is 2.51. The van der Waals surface area contributed by atoms with Crippen molar-refractivity contribution in [1.29, 1.82) is 0 Å². The molecule has 120 valence electrons. The second kappa shape index (κ2) is 5.53. The normalized spacial score (nSPS) is 21.0. The zero-order chi connectivity index (χ0) is 16.6. The molecule has 1 saturated heterocycles. The number of anilines is 1. The van der Waals surface area contributed by atoms with Crippen molar-refractivity contribution in [3.63, 3.8) is 0 Å². The summed E-state index contributed by atoms with van der Waals surface area (Å²) in [6.07, 6.45) is 0.895. The van der Waals surface area contributed by atoms with Gasteiger partial charge in [0.1, 0.15) is 0 Å². The van der Waals surface area contributed by atoms with Gasteiger partial charge in [0, 0.05) is 35.6 Å². The van der Waals surface area contributed by atoms with Crippen LogP contribution < -0.4 is 16.2 Å². The Bertz CT molecular complexity index is 844. The highest BCUT2D eigenvalue weighted by atomic mass is 16.2. The number of aryl methyl sites for hydroxylation is 1. The number of amides is 2. The molecule has 3 N–H and O–H groups in total. The van der Waals surface area contributed by atoms with E-state index in [2.05, 4.69) is 15.6 Å². The minimum Gasteiger partial charge on any atom is -0.355 e. The van der Waals surface area contributed by atoms with Crippen LogP contribution in [0.15, 0.2) is 29.1 Å². The number of piperidine rings is 1. The minimum atomic E-state index is -0.608. The number of rotatable bonds is 2. The van der Waals surface area contributed by atoms with Crippen molar-refractivity contribution in [3.05, 3.63) is 40.2 Å². The van der Waals surface area contributed by atoms with Crippen molar-refractivity contribution in [2.45, 2.75) is 26.7 Å². The third-order valence-electron chi connectivity index (χ3n) is 4.44. The predicted octanol–water partition coefficient (Wildman–Crippen LogP) is 1.69. The fraction of sp³-hybridized carbons (Fsp3) is 0.353. The van der Waals surface area contributed by atoms with Gasteiger partial charge in [-0.15, -0.1) is 0 Å². The number of carbonyl (C=O) groups is 2. The molecule has 0 aliphatic carbocycles. The highest BCUT2D eigenvalue weighted by molar-refractivity contribution is 5.98. The Morgan fingerprint density at radius 2 is 2.04 bits per heavy atom.